The third-order valence-electron chi connectivity index (χ3n) is 2.94. The van der Waals surface area contributed by atoms with Gasteiger partial charge < -0.3 is 9.84 Å². The van der Waals surface area contributed by atoms with E-state index < -0.39 is 5.97 Å². The molecule has 0 spiro atoms. The molecule has 0 fully saturated rings. The van der Waals surface area contributed by atoms with Crippen LogP contribution >= 0.6 is 0 Å². The van der Waals surface area contributed by atoms with Crippen LogP contribution in [0.1, 0.15) is 15.9 Å². The van der Waals surface area contributed by atoms with Crippen molar-refractivity contribution in [1.82, 2.24) is 0 Å². The van der Waals surface area contributed by atoms with E-state index in [2.05, 4.69) is 0 Å². The molecule has 0 aliphatic heterocycles. The lowest BCUT2D eigenvalue weighted by atomic mass is 9.97. The highest BCUT2D eigenvalue weighted by atomic mass is 19.1. The molecule has 0 aliphatic carbocycles. The summed E-state index contributed by atoms with van der Waals surface area (Å²) in [6.45, 7) is 1.83. The maximum atomic E-state index is 13.4. The van der Waals surface area contributed by atoms with Crippen molar-refractivity contribution in [1.29, 1.82) is 0 Å². The number of halogens is 1. The first kappa shape index (κ1) is 13.1. The molecule has 0 saturated heterocycles. The highest BCUT2D eigenvalue weighted by Gasteiger charge is 2.13. The van der Waals surface area contributed by atoms with Crippen LogP contribution in [0.2, 0.25) is 0 Å². The van der Waals surface area contributed by atoms with Crippen LogP contribution < -0.4 is 4.74 Å². The Labute approximate surface area is 110 Å². The van der Waals surface area contributed by atoms with Crippen molar-refractivity contribution < 1.29 is 19.0 Å². The normalized spacial score (nSPS) is 10.3. The molecule has 4 heteroatoms. The van der Waals surface area contributed by atoms with E-state index in [1.54, 1.807) is 12.1 Å². The number of carboxylic acids is 1. The van der Waals surface area contributed by atoms with Gasteiger partial charge in [-0.1, -0.05) is 6.07 Å². The minimum atomic E-state index is -1.03. The van der Waals surface area contributed by atoms with E-state index in [0.29, 0.717) is 16.9 Å². The van der Waals surface area contributed by atoms with E-state index in [9.17, 15) is 9.18 Å². The molecular formula is C15H13FO3. The Morgan fingerprint density at radius 3 is 2.53 bits per heavy atom. The monoisotopic (exact) mass is 260 g/mol. The number of ether oxygens (including phenoxy) is 1. The van der Waals surface area contributed by atoms with Crippen molar-refractivity contribution in [2.24, 2.45) is 0 Å². The Kier molecular flexibility index (Phi) is 3.51. The summed E-state index contributed by atoms with van der Waals surface area (Å²) in [6.07, 6.45) is 0. The molecule has 0 bridgehead atoms. The fourth-order valence-corrected chi connectivity index (χ4v) is 1.94. The zero-order valence-electron chi connectivity index (χ0n) is 10.6. The van der Waals surface area contributed by atoms with Crippen molar-refractivity contribution in [3.8, 4) is 16.9 Å². The average Bonchev–Trinajstić information content (AvgIpc) is 2.40. The Morgan fingerprint density at radius 2 is 1.89 bits per heavy atom. The first-order chi connectivity index (χ1) is 9.02. The zero-order chi connectivity index (χ0) is 14.0. The van der Waals surface area contributed by atoms with Crippen LogP contribution in [0.5, 0.6) is 5.75 Å². The quantitative estimate of drug-likeness (QED) is 0.918. The Hall–Kier alpha value is -2.36. The molecule has 19 heavy (non-hydrogen) atoms. The molecular weight excluding hydrogens is 247 g/mol. The van der Waals surface area contributed by atoms with Crippen LogP contribution in [0.4, 0.5) is 4.39 Å². The summed E-state index contributed by atoms with van der Waals surface area (Å²) in [5.41, 5.74) is 2.18. The van der Waals surface area contributed by atoms with Gasteiger partial charge in [0.2, 0.25) is 0 Å². The molecule has 0 unspecified atom stereocenters. The van der Waals surface area contributed by atoms with Gasteiger partial charge in [-0.2, -0.15) is 0 Å². The molecule has 0 saturated carbocycles. The summed E-state index contributed by atoms with van der Waals surface area (Å²) in [6, 6.07) is 8.91. The van der Waals surface area contributed by atoms with Gasteiger partial charge in [-0.3, -0.25) is 0 Å². The number of carboxylic acid groups (broad SMARTS) is 1. The van der Waals surface area contributed by atoms with Gasteiger partial charge >= 0.3 is 5.97 Å². The molecule has 0 aromatic heterocycles. The van der Waals surface area contributed by atoms with Gasteiger partial charge in [0.05, 0.1) is 12.7 Å². The number of hydrogen-bond donors (Lipinski definition) is 1. The number of aromatic carboxylic acids is 1. The maximum absolute atomic E-state index is 13.4. The van der Waals surface area contributed by atoms with Gasteiger partial charge in [0.25, 0.3) is 0 Å². The van der Waals surface area contributed by atoms with Gasteiger partial charge in [-0.05, 0) is 48.4 Å². The van der Waals surface area contributed by atoms with E-state index in [4.69, 9.17) is 9.84 Å². The van der Waals surface area contributed by atoms with E-state index in [1.165, 1.54) is 31.4 Å². The summed E-state index contributed by atoms with van der Waals surface area (Å²) < 4.78 is 18.6. The van der Waals surface area contributed by atoms with Crippen molar-refractivity contribution in [3.63, 3.8) is 0 Å². The largest absolute Gasteiger partial charge is 0.496 e. The molecule has 2 aromatic carbocycles. The van der Waals surface area contributed by atoms with Gasteiger partial charge in [-0.15, -0.1) is 0 Å². The summed E-state index contributed by atoms with van der Waals surface area (Å²) in [4.78, 5) is 11.0. The number of carbonyl (C=O) groups is 1. The fourth-order valence-electron chi connectivity index (χ4n) is 1.94. The Morgan fingerprint density at radius 1 is 1.16 bits per heavy atom. The summed E-state index contributed by atoms with van der Waals surface area (Å²) in [5, 5.41) is 9.03. The molecule has 0 atom stereocenters. The lowest BCUT2D eigenvalue weighted by molar-refractivity contribution is 0.0697. The predicted molar refractivity (Wildman–Crippen MR) is 70.1 cm³/mol. The number of benzene rings is 2. The smallest absolute Gasteiger partial charge is 0.335 e. The number of aryl methyl sites for hydroxylation is 1. The minimum Gasteiger partial charge on any atom is -0.496 e. The standard InChI is InChI=1S/C15H13FO3/c1-9-3-5-11(16)8-12(9)13-7-10(15(17)18)4-6-14(13)19-2/h3-8H,1-2H3,(H,17,18). The molecule has 98 valence electrons. The average molecular weight is 260 g/mol. The summed E-state index contributed by atoms with van der Waals surface area (Å²) in [5.74, 6) is -0.889. The van der Waals surface area contributed by atoms with Crippen molar-refractivity contribution in [2.75, 3.05) is 7.11 Å². The van der Waals surface area contributed by atoms with Crippen LogP contribution in [0.3, 0.4) is 0 Å². The van der Waals surface area contributed by atoms with Gasteiger partial charge in [0.1, 0.15) is 11.6 Å². The zero-order valence-corrected chi connectivity index (χ0v) is 10.6. The van der Waals surface area contributed by atoms with Gasteiger partial charge in [0.15, 0.2) is 0 Å². The number of rotatable bonds is 3. The third-order valence-corrected chi connectivity index (χ3v) is 2.94. The second kappa shape index (κ2) is 5.10. The number of methoxy groups -OCH3 is 1. The molecule has 1 N–H and O–H groups in total. The van der Waals surface area contributed by atoms with Crippen LogP contribution in [-0.4, -0.2) is 18.2 Å². The van der Waals surface area contributed by atoms with E-state index in [-0.39, 0.29) is 11.4 Å². The van der Waals surface area contributed by atoms with Crippen LogP contribution in [-0.2, 0) is 0 Å². The fraction of sp³-hybridized carbons (Fsp3) is 0.133. The first-order valence-corrected chi connectivity index (χ1v) is 5.71. The summed E-state index contributed by atoms with van der Waals surface area (Å²) in [7, 11) is 1.49. The van der Waals surface area contributed by atoms with Gasteiger partial charge in [0, 0.05) is 5.56 Å². The van der Waals surface area contributed by atoms with E-state index in [1.807, 2.05) is 6.92 Å². The van der Waals surface area contributed by atoms with E-state index >= 15 is 0 Å². The molecule has 0 radical (unpaired) electrons. The Bertz CT molecular complexity index is 635. The lowest BCUT2D eigenvalue weighted by Gasteiger charge is -2.12. The lowest BCUT2D eigenvalue weighted by Crippen LogP contribution is -1.98. The van der Waals surface area contributed by atoms with Crippen LogP contribution in [0.25, 0.3) is 11.1 Å². The molecule has 0 heterocycles. The van der Waals surface area contributed by atoms with Crippen molar-refractivity contribution in [2.45, 2.75) is 6.92 Å². The molecule has 2 aromatic rings. The topological polar surface area (TPSA) is 46.5 Å². The minimum absolute atomic E-state index is 0.138. The SMILES string of the molecule is COc1ccc(C(=O)O)cc1-c1cc(F)ccc1C. The predicted octanol–water partition coefficient (Wildman–Crippen LogP) is 3.51. The highest BCUT2D eigenvalue weighted by molar-refractivity contribution is 5.90. The molecule has 2 rings (SSSR count). The third kappa shape index (κ3) is 2.57. The first-order valence-electron chi connectivity index (χ1n) is 5.71. The second-order valence-corrected chi connectivity index (χ2v) is 4.18. The molecule has 3 nitrogen and oxygen atoms in total. The van der Waals surface area contributed by atoms with Crippen LogP contribution in [0, 0.1) is 12.7 Å². The Balaban J connectivity index is 2.68. The molecule has 0 aliphatic rings. The maximum Gasteiger partial charge on any atom is 0.335 e. The molecule has 0 amide bonds. The van der Waals surface area contributed by atoms with Gasteiger partial charge in [-0.25, -0.2) is 9.18 Å². The number of hydrogen-bond acceptors (Lipinski definition) is 2. The van der Waals surface area contributed by atoms with Crippen molar-refractivity contribution in [3.05, 3.63) is 53.3 Å². The highest BCUT2D eigenvalue weighted by Crippen LogP contribution is 2.33. The second-order valence-electron chi connectivity index (χ2n) is 4.18. The summed E-state index contributed by atoms with van der Waals surface area (Å²) >= 11 is 0. The van der Waals surface area contributed by atoms with Crippen LogP contribution in [0.15, 0.2) is 36.4 Å². The van der Waals surface area contributed by atoms with Crippen molar-refractivity contribution >= 4 is 5.97 Å². The van der Waals surface area contributed by atoms with E-state index in [0.717, 1.165) is 5.56 Å².